The highest BCUT2D eigenvalue weighted by molar-refractivity contribution is 5.81. The fourth-order valence-electron chi connectivity index (χ4n) is 2.44. The van der Waals surface area contributed by atoms with Gasteiger partial charge in [-0.25, -0.2) is 0 Å². The van der Waals surface area contributed by atoms with E-state index in [1.165, 1.54) is 6.26 Å². The first-order valence-corrected chi connectivity index (χ1v) is 7.41. The van der Waals surface area contributed by atoms with Crippen LogP contribution in [0.25, 0.3) is 0 Å². The van der Waals surface area contributed by atoms with E-state index in [1.807, 2.05) is 12.2 Å². The maximum atomic E-state index is 11.9. The van der Waals surface area contributed by atoms with Crippen LogP contribution in [0.4, 0.5) is 0 Å². The molecule has 0 saturated heterocycles. The molecule has 112 valence electrons. The van der Waals surface area contributed by atoms with E-state index in [2.05, 4.69) is 6.92 Å². The highest BCUT2D eigenvalue weighted by Gasteiger charge is 2.36. The largest absolute Gasteiger partial charge is 0.481 e. The molecule has 1 N–H and O–H groups in total. The van der Waals surface area contributed by atoms with Crippen LogP contribution in [0.3, 0.4) is 0 Å². The third-order valence-electron chi connectivity index (χ3n) is 3.62. The van der Waals surface area contributed by atoms with Crippen LogP contribution in [-0.4, -0.2) is 17.0 Å². The van der Waals surface area contributed by atoms with Gasteiger partial charge in [0, 0.05) is 0 Å². The zero-order valence-electron chi connectivity index (χ0n) is 12.1. The molecule has 4 nitrogen and oxygen atoms in total. The molecule has 4 heteroatoms. The van der Waals surface area contributed by atoms with E-state index in [0.717, 1.165) is 32.1 Å². The highest BCUT2D eigenvalue weighted by atomic mass is 16.5. The summed E-state index contributed by atoms with van der Waals surface area (Å²) >= 11 is 0. The summed E-state index contributed by atoms with van der Waals surface area (Å²) in [6.07, 6.45) is 13.1. The minimum atomic E-state index is -0.893. The Morgan fingerprint density at radius 1 is 1.20 bits per heavy atom. The maximum Gasteiger partial charge on any atom is 0.314 e. The normalized spacial score (nSPS) is 23.2. The molecule has 0 radical (unpaired) electrons. The number of unbranched alkanes of at least 4 members (excludes halogenated alkanes) is 2. The molecule has 2 unspecified atom stereocenters. The number of carboxylic acid groups (broad SMARTS) is 1. The Kier molecular flexibility index (Phi) is 7.70. The second-order valence-corrected chi connectivity index (χ2v) is 5.17. The zero-order valence-corrected chi connectivity index (χ0v) is 12.1. The van der Waals surface area contributed by atoms with E-state index in [4.69, 9.17) is 9.84 Å². The number of esters is 1. The Bertz CT molecular complexity index is 371. The van der Waals surface area contributed by atoms with E-state index < -0.39 is 23.8 Å². The Morgan fingerprint density at radius 2 is 1.90 bits per heavy atom. The Morgan fingerprint density at radius 3 is 2.55 bits per heavy atom. The molecule has 0 aromatic rings. The van der Waals surface area contributed by atoms with Crippen molar-refractivity contribution in [2.24, 2.45) is 11.8 Å². The third-order valence-corrected chi connectivity index (χ3v) is 3.62. The monoisotopic (exact) mass is 280 g/mol. The first-order valence-electron chi connectivity index (χ1n) is 7.41. The Labute approximate surface area is 120 Å². The summed E-state index contributed by atoms with van der Waals surface area (Å²) in [6, 6.07) is 0. The quantitative estimate of drug-likeness (QED) is 0.334. The summed E-state index contributed by atoms with van der Waals surface area (Å²) in [6.45, 7) is 2.13. The number of hydrogen-bond acceptors (Lipinski definition) is 3. The van der Waals surface area contributed by atoms with Gasteiger partial charge in [0.15, 0.2) is 0 Å². The van der Waals surface area contributed by atoms with E-state index in [1.54, 1.807) is 6.08 Å². The van der Waals surface area contributed by atoms with Crippen LogP contribution in [-0.2, 0) is 14.3 Å². The molecule has 1 aliphatic carbocycles. The molecule has 0 heterocycles. The number of aliphatic carboxylic acids is 1. The van der Waals surface area contributed by atoms with Gasteiger partial charge in [-0.2, -0.15) is 0 Å². The SMILES string of the molecule is CCCCC=CC=COC(=O)C1CCCCC1C(=O)O. The number of carboxylic acids is 1. The van der Waals surface area contributed by atoms with Crippen molar-refractivity contribution >= 4 is 11.9 Å². The first-order chi connectivity index (χ1) is 9.66. The lowest BCUT2D eigenvalue weighted by Crippen LogP contribution is -2.33. The van der Waals surface area contributed by atoms with E-state index in [9.17, 15) is 9.59 Å². The highest BCUT2D eigenvalue weighted by Crippen LogP contribution is 2.31. The van der Waals surface area contributed by atoms with Gasteiger partial charge in [-0.1, -0.05) is 44.8 Å². The lowest BCUT2D eigenvalue weighted by Gasteiger charge is -2.25. The predicted octanol–water partition coefficient (Wildman–Crippen LogP) is 3.68. The lowest BCUT2D eigenvalue weighted by molar-refractivity contribution is -0.156. The summed E-state index contributed by atoms with van der Waals surface area (Å²) in [5.74, 6) is -2.41. The molecule has 2 atom stereocenters. The van der Waals surface area contributed by atoms with Gasteiger partial charge in [0.1, 0.15) is 0 Å². The summed E-state index contributed by atoms with van der Waals surface area (Å²) in [5, 5.41) is 9.11. The van der Waals surface area contributed by atoms with E-state index in [0.29, 0.717) is 12.8 Å². The first kappa shape index (κ1) is 16.5. The number of allylic oxidation sites excluding steroid dienone is 3. The lowest BCUT2D eigenvalue weighted by atomic mass is 9.79. The van der Waals surface area contributed by atoms with Crippen molar-refractivity contribution in [1.29, 1.82) is 0 Å². The van der Waals surface area contributed by atoms with Gasteiger partial charge in [0.25, 0.3) is 0 Å². The van der Waals surface area contributed by atoms with Gasteiger partial charge in [-0.3, -0.25) is 9.59 Å². The van der Waals surface area contributed by atoms with Gasteiger partial charge >= 0.3 is 11.9 Å². The van der Waals surface area contributed by atoms with Crippen molar-refractivity contribution in [2.45, 2.75) is 51.9 Å². The number of ether oxygens (including phenoxy) is 1. The average molecular weight is 280 g/mol. The number of carbonyl (C=O) groups is 2. The van der Waals surface area contributed by atoms with Crippen LogP contribution >= 0.6 is 0 Å². The molecule has 1 aliphatic rings. The average Bonchev–Trinajstić information content (AvgIpc) is 2.46. The fourth-order valence-corrected chi connectivity index (χ4v) is 2.44. The molecule has 0 aromatic carbocycles. The summed E-state index contributed by atoms with van der Waals surface area (Å²) < 4.78 is 5.03. The molecule has 0 spiro atoms. The molecule has 1 fully saturated rings. The fraction of sp³-hybridized carbons (Fsp3) is 0.625. The standard InChI is InChI=1S/C16H24O4/c1-2-3-4-5-6-9-12-20-16(19)14-11-8-7-10-13(14)15(17)18/h5-6,9,12-14H,2-4,7-8,10-11H2,1H3,(H,17,18). The Hall–Kier alpha value is -1.58. The second-order valence-electron chi connectivity index (χ2n) is 5.17. The third kappa shape index (κ3) is 5.59. The van der Waals surface area contributed by atoms with Crippen LogP contribution in [0, 0.1) is 11.8 Å². The number of rotatable bonds is 7. The van der Waals surface area contributed by atoms with Crippen molar-refractivity contribution in [3.63, 3.8) is 0 Å². The van der Waals surface area contributed by atoms with Crippen LogP contribution in [0.5, 0.6) is 0 Å². The van der Waals surface area contributed by atoms with Crippen molar-refractivity contribution < 1.29 is 19.4 Å². The molecule has 20 heavy (non-hydrogen) atoms. The molecular formula is C16H24O4. The maximum absolute atomic E-state index is 11.9. The molecule has 0 aliphatic heterocycles. The summed E-state index contributed by atoms with van der Waals surface area (Å²) in [7, 11) is 0. The molecule has 1 rings (SSSR count). The van der Waals surface area contributed by atoms with E-state index in [-0.39, 0.29) is 0 Å². The van der Waals surface area contributed by atoms with Crippen LogP contribution < -0.4 is 0 Å². The van der Waals surface area contributed by atoms with Crippen molar-refractivity contribution in [3.8, 4) is 0 Å². The van der Waals surface area contributed by atoms with Crippen LogP contribution in [0.2, 0.25) is 0 Å². The zero-order chi connectivity index (χ0) is 14.8. The smallest absolute Gasteiger partial charge is 0.314 e. The summed E-state index contributed by atoms with van der Waals surface area (Å²) in [5.41, 5.74) is 0. The molecule has 0 amide bonds. The summed E-state index contributed by atoms with van der Waals surface area (Å²) in [4.78, 5) is 23.0. The van der Waals surface area contributed by atoms with Crippen LogP contribution in [0.1, 0.15) is 51.9 Å². The molecule has 1 saturated carbocycles. The van der Waals surface area contributed by atoms with Gasteiger partial charge in [0.05, 0.1) is 18.1 Å². The molecular weight excluding hydrogens is 256 g/mol. The van der Waals surface area contributed by atoms with Crippen LogP contribution in [0.15, 0.2) is 24.5 Å². The number of carbonyl (C=O) groups excluding carboxylic acids is 1. The van der Waals surface area contributed by atoms with Gasteiger partial charge in [-0.15, -0.1) is 0 Å². The van der Waals surface area contributed by atoms with Crippen molar-refractivity contribution in [1.82, 2.24) is 0 Å². The van der Waals surface area contributed by atoms with Crippen molar-refractivity contribution in [2.75, 3.05) is 0 Å². The number of hydrogen-bond donors (Lipinski definition) is 1. The van der Waals surface area contributed by atoms with E-state index >= 15 is 0 Å². The predicted molar refractivity (Wildman–Crippen MR) is 77.0 cm³/mol. The minimum Gasteiger partial charge on any atom is -0.481 e. The molecule has 0 bridgehead atoms. The topological polar surface area (TPSA) is 63.6 Å². The minimum absolute atomic E-state index is 0.421. The second kappa shape index (κ2) is 9.34. The Balaban J connectivity index is 2.39. The van der Waals surface area contributed by atoms with Gasteiger partial charge < -0.3 is 9.84 Å². The van der Waals surface area contributed by atoms with Crippen molar-refractivity contribution in [3.05, 3.63) is 24.5 Å². The molecule has 0 aromatic heterocycles. The van der Waals surface area contributed by atoms with Gasteiger partial charge in [-0.05, 0) is 25.3 Å². The van der Waals surface area contributed by atoms with Gasteiger partial charge in [0.2, 0.25) is 0 Å².